The molecule has 0 aliphatic carbocycles. The molecule has 58 valence electrons. The van der Waals surface area contributed by atoms with Crippen LogP contribution >= 0.6 is 0 Å². The summed E-state index contributed by atoms with van der Waals surface area (Å²) in [5.41, 5.74) is 1.04. The van der Waals surface area contributed by atoms with Gasteiger partial charge >= 0.3 is 0 Å². The fourth-order valence-corrected chi connectivity index (χ4v) is 0.976. The Morgan fingerprint density at radius 1 is 1.17 bits per heavy atom. The molecule has 0 atom stereocenters. The molecule has 0 saturated heterocycles. The van der Waals surface area contributed by atoms with Gasteiger partial charge in [0, 0.05) is 5.56 Å². The molecule has 1 aromatic rings. The van der Waals surface area contributed by atoms with Crippen LogP contribution in [0.3, 0.4) is 0 Å². The molecule has 1 aromatic carbocycles. The Bertz CT molecular complexity index is 303. The van der Waals surface area contributed by atoms with E-state index in [0.29, 0.717) is 0 Å². The largest absolute Gasteiger partial charge is 0.335 e. The first-order valence-corrected chi connectivity index (χ1v) is 3.62. The van der Waals surface area contributed by atoms with Gasteiger partial charge in [0.2, 0.25) is 6.17 Å². The van der Waals surface area contributed by atoms with Crippen LogP contribution in [-0.4, -0.2) is 12.7 Å². The Hall–Kier alpha value is -1.64. The summed E-state index contributed by atoms with van der Waals surface area (Å²) in [5, 5.41) is 2.84. The zero-order chi connectivity index (χ0) is 8.23. The Morgan fingerprint density at radius 3 is 2.67 bits per heavy atom. The first-order valence-electron chi connectivity index (χ1n) is 3.62. The van der Waals surface area contributed by atoms with Crippen molar-refractivity contribution in [2.24, 2.45) is 9.98 Å². The summed E-state index contributed by atoms with van der Waals surface area (Å²) < 4.78 is 0. The van der Waals surface area contributed by atoms with E-state index >= 15 is 0 Å². The van der Waals surface area contributed by atoms with Gasteiger partial charge in [-0.05, 0) is 0 Å². The Morgan fingerprint density at radius 2 is 2.00 bits per heavy atom. The molecule has 2 radical (unpaired) electrons. The highest BCUT2D eigenvalue weighted by Crippen LogP contribution is 2.12. The highest BCUT2D eigenvalue weighted by atomic mass is 15.1. The summed E-state index contributed by atoms with van der Waals surface area (Å²) in [7, 11) is 0. The molecule has 1 aliphatic heterocycles. The van der Waals surface area contributed by atoms with Crippen molar-refractivity contribution in [3.05, 3.63) is 42.1 Å². The van der Waals surface area contributed by atoms with Crippen LogP contribution < -0.4 is 5.32 Å². The molecule has 1 N–H and O–H groups in total. The van der Waals surface area contributed by atoms with E-state index in [4.69, 9.17) is 0 Å². The molecule has 3 nitrogen and oxygen atoms in total. The van der Waals surface area contributed by atoms with E-state index in [1.165, 1.54) is 6.34 Å². The third-order valence-electron chi connectivity index (χ3n) is 1.53. The summed E-state index contributed by atoms with van der Waals surface area (Å²) >= 11 is 0. The second kappa shape index (κ2) is 3.17. The van der Waals surface area contributed by atoms with Gasteiger partial charge in [0.1, 0.15) is 6.34 Å². The maximum Gasteiger partial charge on any atom is 0.207 e. The summed E-state index contributed by atoms with van der Waals surface area (Å²) in [5.74, 6) is 0. The molecule has 0 fully saturated rings. The second-order valence-electron chi connectivity index (χ2n) is 2.33. The van der Waals surface area contributed by atoms with E-state index < -0.39 is 0 Å². The topological polar surface area (TPSA) is 36.8 Å². The molecular formula is C9H7N3. The molecule has 1 aliphatic rings. The third-order valence-corrected chi connectivity index (χ3v) is 1.53. The molecule has 0 spiro atoms. The molecule has 12 heavy (non-hydrogen) atoms. The first kappa shape index (κ1) is 7.03. The first-order chi connectivity index (χ1) is 5.97. The Labute approximate surface area is 70.9 Å². The van der Waals surface area contributed by atoms with Crippen LogP contribution in [0.1, 0.15) is 5.56 Å². The quantitative estimate of drug-likeness (QED) is 0.650. The lowest BCUT2D eigenvalue weighted by atomic mass is 10.2. The molecule has 0 bridgehead atoms. The number of nitrogens with zero attached hydrogens (tertiary/aromatic N) is 2. The van der Waals surface area contributed by atoms with E-state index in [2.05, 4.69) is 21.6 Å². The van der Waals surface area contributed by atoms with E-state index in [0.717, 1.165) is 11.7 Å². The van der Waals surface area contributed by atoms with Crippen molar-refractivity contribution in [2.45, 2.75) is 0 Å². The predicted octanol–water partition coefficient (Wildman–Crippen LogP) is 1.06. The number of aliphatic imine (C=N–C) groups is 2. The SMILES string of the molecule is [C]1=NC=N[C](c2ccccc2)N1. The maximum atomic E-state index is 4.05. The zero-order valence-corrected chi connectivity index (χ0v) is 6.36. The van der Waals surface area contributed by atoms with Gasteiger partial charge in [-0.15, -0.1) is 0 Å². The molecule has 2 rings (SSSR count). The number of hydrogen-bond acceptors (Lipinski definition) is 3. The highest BCUT2D eigenvalue weighted by Gasteiger charge is 2.09. The van der Waals surface area contributed by atoms with Crippen LogP contribution in [0.15, 0.2) is 40.3 Å². The zero-order valence-electron chi connectivity index (χ0n) is 6.36. The lowest BCUT2D eigenvalue weighted by Crippen LogP contribution is -2.21. The molecule has 0 amide bonds. The van der Waals surface area contributed by atoms with Gasteiger partial charge in [-0.25, -0.2) is 9.98 Å². The van der Waals surface area contributed by atoms with Gasteiger partial charge in [-0.2, -0.15) is 0 Å². The number of benzene rings is 1. The van der Waals surface area contributed by atoms with Crippen molar-refractivity contribution in [1.82, 2.24) is 5.32 Å². The Balaban J connectivity index is 2.21. The van der Waals surface area contributed by atoms with Gasteiger partial charge in [0.25, 0.3) is 0 Å². The monoisotopic (exact) mass is 157 g/mol. The van der Waals surface area contributed by atoms with E-state index in [-0.39, 0.29) is 0 Å². The average molecular weight is 157 g/mol. The minimum Gasteiger partial charge on any atom is -0.335 e. The summed E-state index contributed by atoms with van der Waals surface area (Å²) in [6.07, 6.45) is 4.88. The number of rotatable bonds is 1. The van der Waals surface area contributed by atoms with Crippen LogP contribution in [0.4, 0.5) is 0 Å². The van der Waals surface area contributed by atoms with Gasteiger partial charge in [0.05, 0.1) is 0 Å². The summed E-state index contributed by atoms with van der Waals surface area (Å²) in [4.78, 5) is 7.73. The molecule has 0 aromatic heterocycles. The minimum absolute atomic E-state index is 0.783. The fraction of sp³-hybridized carbons (Fsp3) is 0. The van der Waals surface area contributed by atoms with Crippen LogP contribution in [0.2, 0.25) is 0 Å². The van der Waals surface area contributed by atoms with Gasteiger partial charge in [-0.3, -0.25) is 0 Å². The molecule has 0 unspecified atom stereocenters. The van der Waals surface area contributed by atoms with Crippen LogP contribution in [-0.2, 0) is 0 Å². The van der Waals surface area contributed by atoms with E-state index in [1.54, 1.807) is 0 Å². The third kappa shape index (κ3) is 1.34. The lowest BCUT2D eigenvalue weighted by molar-refractivity contribution is 0.926. The number of nitrogens with one attached hydrogen (secondary N) is 1. The second-order valence-corrected chi connectivity index (χ2v) is 2.33. The summed E-state index contributed by atoms with van der Waals surface area (Å²) in [6, 6.07) is 9.85. The standard InChI is InChI=1S/C9H7N3/c1-2-4-8(5-3-1)9-11-6-10-7-12-9/h1-6H,(H,10,11,12). The molecule has 0 saturated carbocycles. The van der Waals surface area contributed by atoms with Crippen molar-refractivity contribution in [3.63, 3.8) is 0 Å². The van der Waals surface area contributed by atoms with Crippen LogP contribution in [0.25, 0.3) is 0 Å². The average Bonchev–Trinajstić information content (AvgIpc) is 2.21. The van der Waals surface area contributed by atoms with Crippen molar-refractivity contribution in [1.29, 1.82) is 0 Å². The van der Waals surface area contributed by atoms with Gasteiger partial charge < -0.3 is 5.32 Å². The van der Waals surface area contributed by atoms with E-state index in [9.17, 15) is 0 Å². The molecule has 3 heteroatoms. The fourth-order valence-electron chi connectivity index (χ4n) is 0.976. The van der Waals surface area contributed by atoms with Gasteiger partial charge in [0.15, 0.2) is 6.34 Å². The minimum atomic E-state index is 0.783. The lowest BCUT2D eigenvalue weighted by Gasteiger charge is -2.11. The van der Waals surface area contributed by atoms with Crippen molar-refractivity contribution in [2.75, 3.05) is 0 Å². The highest BCUT2D eigenvalue weighted by molar-refractivity contribution is 5.76. The van der Waals surface area contributed by atoms with Crippen molar-refractivity contribution in [3.8, 4) is 0 Å². The normalized spacial score (nSPS) is 16.0. The van der Waals surface area contributed by atoms with Gasteiger partial charge in [-0.1, -0.05) is 30.3 Å². The predicted molar refractivity (Wildman–Crippen MR) is 47.8 cm³/mol. The molecular weight excluding hydrogens is 150 g/mol. The van der Waals surface area contributed by atoms with E-state index in [1.807, 2.05) is 30.3 Å². The number of hydrogen-bond donors (Lipinski definition) is 1. The van der Waals surface area contributed by atoms with Crippen molar-refractivity contribution >= 4 is 12.7 Å². The Kier molecular flexibility index (Phi) is 1.86. The van der Waals surface area contributed by atoms with Crippen LogP contribution in [0.5, 0.6) is 0 Å². The van der Waals surface area contributed by atoms with Crippen LogP contribution in [0, 0.1) is 6.17 Å². The molecule has 1 heterocycles. The maximum absolute atomic E-state index is 4.05. The smallest absolute Gasteiger partial charge is 0.207 e. The summed E-state index contributed by atoms with van der Waals surface area (Å²) in [6.45, 7) is 0. The van der Waals surface area contributed by atoms with Crippen molar-refractivity contribution < 1.29 is 0 Å².